The molecule has 0 spiro atoms. The molecule has 2 aromatic rings. The molecule has 0 nitrogen and oxygen atoms in total. The minimum absolute atomic E-state index is 0.382. The first-order chi connectivity index (χ1) is 9.72. The van der Waals surface area contributed by atoms with Gasteiger partial charge in [0.25, 0.3) is 0 Å². The summed E-state index contributed by atoms with van der Waals surface area (Å²) in [7, 11) is 0. The van der Waals surface area contributed by atoms with Gasteiger partial charge in [0.15, 0.2) is 0 Å². The van der Waals surface area contributed by atoms with Crippen LogP contribution in [0.15, 0.2) is 48.5 Å². The van der Waals surface area contributed by atoms with Crippen LogP contribution >= 0.6 is 0 Å². The third kappa shape index (κ3) is 3.96. The Morgan fingerprint density at radius 1 is 0.850 bits per heavy atom. The van der Waals surface area contributed by atoms with Crippen molar-refractivity contribution in [1.29, 1.82) is 0 Å². The van der Waals surface area contributed by atoms with E-state index in [2.05, 4.69) is 69.3 Å². The molecule has 105 valence electrons. The highest BCUT2D eigenvalue weighted by molar-refractivity contribution is 5.28. The monoisotopic (exact) mass is 265 g/mol. The highest BCUT2D eigenvalue weighted by atomic mass is 14.1. The first kappa shape index (κ1) is 14.8. The van der Waals surface area contributed by atoms with Crippen LogP contribution in [0.5, 0.6) is 0 Å². The fourth-order valence-corrected chi connectivity index (χ4v) is 2.52. The Bertz CT molecular complexity index is 522. The van der Waals surface area contributed by atoms with Gasteiger partial charge in [-0.3, -0.25) is 0 Å². The molecule has 0 N–H and O–H groups in total. The predicted octanol–water partition coefficient (Wildman–Crippen LogP) is 5.36. The third-order valence-electron chi connectivity index (χ3n) is 4.04. The molecule has 0 aliphatic rings. The summed E-state index contributed by atoms with van der Waals surface area (Å²) in [6.07, 6.45) is 4.42. The van der Waals surface area contributed by atoms with Crippen LogP contribution in [-0.4, -0.2) is 0 Å². The number of rotatable bonds is 6. The minimum atomic E-state index is 0.382. The molecule has 1 unspecified atom stereocenters. The topological polar surface area (TPSA) is 0 Å². The van der Waals surface area contributed by atoms with E-state index >= 15 is 0 Å². The summed E-state index contributed by atoms with van der Waals surface area (Å²) in [5.74, 6) is 0.382. The fraction of sp³-hybridized carbons (Fsp3) is 0.350. The van der Waals surface area contributed by atoms with Gasteiger partial charge in [-0.1, -0.05) is 62.4 Å². The first-order valence-corrected chi connectivity index (χ1v) is 7.72. The van der Waals surface area contributed by atoms with Crippen LogP contribution in [-0.2, 0) is 19.3 Å². The van der Waals surface area contributed by atoms with E-state index in [1.807, 2.05) is 0 Å². The zero-order valence-corrected chi connectivity index (χ0v) is 12.7. The highest BCUT2D eigenvalue weighted by Crippen LogP contribution is 2.22. The van der Waals surface area contributed by atoms with Gasteiger partial charge in [-0.15, -0.1) is 0 Å². The van der Waals surface area contributed by atoms with Crippen LogP contribution < -0.4 is 0 Å². The summed E-state index contributed by atoms with van der Waals surface area (Å²) in [4.78, 5) is 0. The fourth-order valence-electron chi connectivity index (χ4n) is 2.52. The highest BCUT2D eigenvalue weighted by Gasteiger charge is 2.06. The second kappa shape index (κ2) is 7.28. The minimum Gasteiger partial charge on any atom is -0.0617 e. The molecule has 0 fully saturated rings. The van der Waals surface area contributed by atoms with Gasteiger partial charge >= 0.3 is 0 Å². The second-order valence-corrected chi connectivity index (χ2v) is 5.50. The lowest BCUT2D eigenvalue weighted by molar-refractivity contribution is 0.731. The lowest BCUT2D eigenvalue weighted by Gasteiger charge is -2.13. The molecule has 2 rings (SSSR count). The van der Waals surface area contributed by atoms with E-state index in [0.29, 0.717) is 5.92 Å². The number of benzene rings is 2. The number of aryl methyl sites for hydroxylation is 3. The molecular weight excluding hydrogens is 240 g/mol. The maximum absolute atomic E-state index is 4.33. The maximum Gasteiger partial charge on any atom is -0.0158 e. The van der Waals surface area contributed by atoms with E-state index in [9.17, 15) is 0 Å². The van der Waals surface area contributed by atoms with Crippen molar-refractivity contribution in [2.24, 2.45) is 0 Å². The molecule has 2 aromatic carbocycles. The van der Waals surface area contributed by atoms with Crippen LogP contribution in [0.1, 0.15) is 48.4 Å². The van der Waals surface area contributed by atoms with Crippen molar-refractivity contribution < 1.29 is 0 Å². The van der Waals surface area contributed by atoms with Crippen LogP contribution in [0.3, 0.4) is 0 Å². The van der Waals surface area contributed by atoms with Crippen molar-refractivity contribution in [2.75, 3.05) is 0 Å². The molecule has 0 amide bonds. The summed E-state index contributed by atoms with van der Waals surface area (Å²) in [5, 5.41) is 0. The van der Waals surface area contributed by atoms with Gasteiger partial charge in [-0.05, 0) is 60.8 Å². The van der Waals surface area contributed by atoms with Gasteiger partial charge < -0.3 is 0 Å². The van der Waals surface area contributed by atoms with Gasteiger partial charge in [0, 0.05) is 0 Å². The lowest BCUT2D eigenvalue weighted by atomic mass is 9.92. The third-order valence-corrected chi connectivity index (χ3v) is 4.04. The molecule has 0 saturated carbocycles. The molecule has 1 atom stereocenters. The number of hydrogen-bond donors (Lipinski definition) is 0. The zero-order valence-electron chi connectivity index (χ0n) is 12.7. The smallest absolute Gasteiger partial charge is 0.0158 e. The summed E-state index contributed by atoms with van der Waals surface area (Å²) in [6, 6.07) is 17.9. The summed E-state index contributed by atoms with van der Waals surface area (Å²) in [6.45, 7) is 8.73. The van der Waals surface area contributed by atoms with Crippen LogP contribution in [0, 0.1) is 6.92 Å². The molecule has 0 heterocycles. The Morgan fingerprint density at radius 3 is 2.15 bits per heavy atom. The Hall–Kier alpha value is -1.56. The molecule has 0 aliphatic heterocycles. The Balaban J connectivity index is 1.95. The van der Waals surface area contributed by atoms with E-state index in [1.54, 1.807) is 0 Å². The van der Waals surface area contributed by atoms with E-state index < -0.39 is 0 Å². The van der Waals surface area contributed by atoms with E-state index in [1.165, 1.54) is 22.3 Å². The van der Waals surface area contributed by atoms with Gasteiger partial charge in [0.1, 0.15) is 0 Å². The van der Waals surface area contributed by atoms with Gasteiger partial charge in [-0.25, -0.2) is 0 Å². The maximum atomic E-state index is 4.33. The van der Waals surface area contributed by atoms with Crippen molar-refractivity contribution >= 4 is 0 Å². The molecular formula is C20H25. The summed E-state index contributed by atoms with van der Waals surface area (Å²) >= 11 is 0. The normalized spacial score (nSPS) is 12.3. The average Bonchev–Trinajstić information content (AvgIpc) is 2.53. The first-order valence-electron chi connectivity index (χ1n) is 7.72. The molecule has 0 aromatic heterocycles. The molecule has 0 saturated heterocycles. The standard InChI is InChI=1S/C20H25/c1-4-17-11-13-19(14-12-17)10-9-16(3)20-8-6-7-18(5-2)15-20/h6-8,11-16H,3-5,9-10H2,1-2H3. The van der Waals surface area contributed by atoms with Crippen molar-refractivity contribution in [3.05, 3.63) is 77.7 Å². The molecule has 0 aliphatic carbocycles. The molecule has 0 heteroatoms. The summed E-state index contributed by atoms with van der Waals surface area (Å²) < 4.78 is 0. The van der Waals surface area contributed by atoms with E-state index in [0.717, 1.165) is 25.7 Å². The van der Waals surface area contributed by atoms with Crippen molar-refractivity contribution in [2.45, 2.75) is 45.4 Å². The molecule has 20 heavy (non-hydrogen) atoms. The predicted molar refractivity (Wildman–Crippen MR) is 88.1 cm³/mol. The quantitative estimate of drug-likeness (QED) is 0.659. The second-order valence-electron chi connectivity index (χ2n) is 5.50. The number of hydrogen-bond acceptors (Lipinski definition) is 0. The lowest BCUT2D eigenvalue weighted by Crippen LogP contribution is -1.98. The Labute approximate surface area is 123 Å². The molecule has 0 bridgehead atoms. The van der Waals surface area contributed by atoms with E-state index in [4.69, 9.17) is 0 Å². The largest absolute Gasteiger partial charge is 0.0617 e. The van der Waals surface area contributed by atoms with Gasteiger partial charge in [0.2, 0.25) is 0 Å². The van der Waals surface area contributed by atoms with E-state index in [-0.39, 0.29) is 0 Å². The van der Waals surface area contributed by atoms with Crippen molar-refractivity contribution in [1.82, 2.24) is 0 Å². The zero-order chi connectivity index (χ0) is 14.4. The van der Waals surface area contributed by atoms with Gasteiger partial charge in [0.05, 0.1) is 0 Å². The molecule has 1 radical (unpaired) electrons. The van der Waals surface area contributed by atoms with Crippen LogP contribution in [0.25, 0.3) is 0 Å². The Kier molecular flexibility index (Phi) is 5.40. The Morgan fingerprint density at radius 2 is 1.50 bits per heavy atom. The van der Waals surface area contributed by atoms with Crippen LogP contribution in [0.4, 0.5) is 0 Å². The van der Waals surface area contributed by atoms with Gasteiger partial charge in [-0.2, -0.15) is 0 Å². The van der Waals surface area contributed by atoms with Crippen molar-refractivity contribution in [3.8, 4) is 0 Å². The van der Waals surface area contributed by atoms with Crippen molar-refractivity contribution in [3.63, 3.8) is 0 Å². The SMILES string of the molecule is [CH2]C(CCc1ccc(CC)cc1)c1cccc(CC)c1. The summed E-state index contributed by atoms with van der Waals surface area (Å²) in [5.41, 5.74) is 5.61. The van der Waals surface area contributed by atoms with Crippen LogP contribution in [0.2, 0.25) is 0 Å². The average molecular weight is 265 g/mol.